The van der Waals surface area contributed by atoms with Crippen molar-refractivity contribution < 1.29 is 13.2 Å². The summed E-state index contributed by atoms with van der Waals surface area (Å²) in [6.07, 6.45) is 1.55. The predicted molar refractivity (Wildman–Crippen MR) is 74.0 cm³/mol. The first kappa shape index (κ1) is 13.3. The summed E-state index contributed by atoms with van der Waals surface area (Å²) in [7, 11) is -3.17. The van der Waals surface area contributed by atoms with Gasteiger partial charge in [0.05, 0.1) is 11.8 Å². The van der Waals surface area contributed by atoms with Gasteiger partial charge in [0.15, 0.2) is 9.84 Å². The van der Waals surface area contributed by atoms with Gasteiger partial charge in [-0.3, -0.25) is 4.79 Å². The monoisotopic (exact) mass is 329 g/mol. The maximum absolute atomic E-state index is 11.7. The molecule has 1 aromatic rings. The van der Waals surface area contributed by atoms with Crippen LogP contribution in [0.3, 0.4) is 0 Å². The van der Waals surface area contributed by atoms with Gasteiger partial charge in [0, 0.05) is 22.5 Å². The molecule has 1 atom stereocenters. The number of carbonyl (C=O) groups is 1. The third-order valence-electron chi connectivity index (χ3n) is 2.69. The molecule has 0 spiro atoms. The summed E-state index contributed by atoms with van der Waals surface area (Å²) >= 11 is 3.32. The fourth-order valence-corrected chi connectivity index (χ4v) is 3.46. The van der Waals surface area contributed by atoms with E-state index in [9.17, 15) is 13.2 Å². The Kier molecular flexibility index (Phi) is 3.59. The van der Waals surface area contributed by atoms with Gasteiger partial charge in [-0.2, -0.15) is 0 Å². The molecular formula is C12H12BrNO3S. The lowest BCUT2D eigenvalue weighted by atomic mass is 10.2. The Bertz CT molecular complexity index is 592. The van der Waals surface area contributed by atoms with Gasteiger partial charge in [0.1, 0.15) is 0 Å². The zero-order valence-corrected chi connectivity index (χ0v) is 12.1. The molecule has 0 radical (unpaired) electrons. The first-order chi connectivity index (χ1) is 8.39. The van der Waals surface area contributed by atoms with Crippen LogP contribution in [0.25, 0.3) is 0 Å². The summed E-state index contributed by atoms with van der Waals surface area (Å²) in [5.74, 6) is -0.230. The molecule has 1 aliphatic heterocycles. The second-order valence-electron chi connectivity index (χ2n) is 4.09. The summed E-state index contributed by atoms with van der Waals surface area (Å²) in [4.78, 5) is 13.2. The molecule has 0 aliphatic carbocycles. The molecule has 1 aromatic carbocycles. The van der Waals surface area contributed by atoms with Crippen molar-refractivity contribution in [2.75, 3.05) is 10.7 Å². The fraction of sp³-hybridized carbons (Fsp3) is 0.250. The van der Waals surface area contributed by atoms with Crippen LogP contribution in [0.1, 0.15) is 6.92 Å². The Balaban J connectivity index is 2.33. The van der Waals surface area contributed by atoms with Crippen LogP contribution in [-0.2, 0) is 14.6 Å². The van der Waals surface area contributed by atoms with Gasteiger partial charge in [-0.1, -0.05) is 15.9 Å². The zero-order chi connectivity index (χ0) is 13.3. The molecule has 6 heteroatoms. The minimum atomic E-state index is -3.17. The smallest absolute Gasteiger partial charge is 0.224 e. The van der Waals surface area contributed by atoms with E-state index in [1.54, 1.807) is 18.2 Å². The van der Waals surface area contributed by atoms with Crippen LogP contribution < -0.4 is 4.90 Å². The van der Waals surface area contributed by atoms with E-state index >= 15 is 0 Å². The van der Waals surface area contributed by atoms with Crippen LogP contribution in [0.15, 0.2) is 40.2 Å². The standard InChI is InChI=1S/C12H12BrNO3S/c1-9(15)14(11-4-2-10(13)3-5-11)12-6-7-18(16,17)8-12/h2-7,12H,8H2,1H3/t12-/m1/s1. The van der Waals surface area contributed by atoms with Crippen LogP contribution in [-0.4, -0.2) is 26.1 Å². The Labute approximate surface area is 114 Å². The SMILES string of the molecule is CC(=O)N(c1ccc(Br)cc1)[C@@H]1C=CS(=O)(=O)C1. The van der Waals surface area contributed by atoms with E-state index in [1.165, 1.54) is 17.2 Å². The van der Waals surface area contributed by atoms with E-state index in [2.05, 4.69) is 15.9 Å². The lowest BCUT2D eigenvalue weighted by Crippen LogP contribution is -2.39. The maximum atomic E-state index is 11.7. The van der Waals surface area contributed by atoms with E-state index in [0.29, 0.717) is 5.69 Å². The van der Waals surface area contributed by atoms with Crippen molar-refractivity contribution in [3.63, 3.8) is 0 Å². The Hall–Kier alpha value is -1.14. The predicted octanol–water partition coefficient (Wildman–Crippen LogP) is 2.11. The number of sulfone groups is 1. The Morgan fingerprint density at radius 2 is 1.94 bits per heavy atom. The van der Waals surface area contributed by atoms with Crippen molar-refractivity contribution in [1.82, 2.24) is 0 Å². The van der Waals surface area contributed by atoms with E-state index in [-0.39, 0.29) is 11.7 Å². The second-order valence-corrected chi connectivity index (χ2v) is 6.94. The molecule has 0 unspecified atom stereocenters. The molecule has 0 aromatic heterocycles. The molecule has 0 saturated carbocycles. The van der Waals surface area contributed by atoms with Gasteiger partial charge >= 0.3 is 0 Å². The van der Waals surface area contributed by atoms with E-state index < -0.39 is 15.9 Å². The van der Waals surface area contributed by atoms with Crippen LogP contribution in [0.2, 0.25) is 0 Å². The third-order valence-corrected chi connectivity index (χ3v) is 4.59. The quantitative estimate of drug-likeness (QED) is 0.835. The third kappa shape index (κ3) is 2.81. The first-order valence-electron chi connectivity index (χ1n) is 5.35. The number of benzene rings is 1. The van der Waals surface area contributed by atoms with Crippen LogP contribution in [0.4, 0.5) is 5.69 Å². The summed E-state index contributed by atoms with van der Waals surface area (Å²) < 4.78 is 23.7. The number of amides is 1. The number of halogens is 1. The second kappa shape index (κ2) is 4.85. The summed E-state index contributed by atoms with van der Waals surface area (Å²) in [5, 5.41) is 1.17. The lowest BCUT2D eigenvalue weighted by Gasteiger charge is -2.26. The molecule has 0 saturated heterocycles. The number of carbonyl (C=O) groups excluding carboxylic acids is 1. The van der Waals surface area contributed by atoms with Crippen molar-refractivity contribution in [1.29, 1.82) is 0 Å². The van der Waals surface area contributed by atoms with Crippen molar-refractivity contribution >= 4 is 37.4 Å². The summed E-state index contributed by atoms with van der Waals surface area (Å²) in [6, 6.07) is 6.78. The molecule has 1 amide bonds. The van der Waals surface area contributed by atoms with Gasteiger partial charge in [0.25, 0.3) is 0 Å². The van der Waals surface area contributed by atoms with Gasteiger partial charge in [-0.05, 0) is 30.3 Å². The normalized spacial score (nSPS) is 20.9. The van der Waals surface area contributed by atoms with Crippen molar-refractivity contribution in [2.45, 2.75) is 13.0 Å². The van der Waals surface area contributed by atoms with Crippen LogP contribution in [0.5, 0.6) is 0 Å². The maximum Gasteiger partial charge on any atom is 0.224 e. The minimum Gasteiger partial charge on any atom is -0.305 e. The van der Waals surface area contributed by atoms with Crippen LogP contribution in [0, 0.1) is 0 Å². The summed E-state index contributed by atoms with van der Waals surface area (Å²) in [5.41, 5.74) is 0.692. The molecule has 18 heavy (non-hydrogen) atoms. The molecular weight excluding hydrogens is 318 g/mol. The molecule has 96 valence electrons. The van der Waals surface area contributed by atoms with Gasteiger partial charge in [-0.25, -0.2) is 8.42 Å². The summed E-state index contributed by atoms with van der Waals surface area (Å²) in [6.45, 7) is 1.43. The molecule has 0 bridgehead atoms. The highest BCUT2D eigenvalue weighted by Crippen LogP contribution is 2.24. The fourth-order valence-electron chi connectivity index (χ4n) is 1.93. The zero-order valence-electron chi connectivity index (χ0n) is 9.71. The van der Waals surface area contributed by atoms with E-state index in [0.717, 1.165) is 4.47 Å². The molecule has 0 N–H and O–H groups in total. The first-order valence-corrected chi connectivity index (χ1v) is 7.86. The van der Waals surface area contributed by atoms with Crippen molar-refractivity contribution in [2.24, 2.45) is 0 Å². The minimum absolute atomic E-state index is 0.0529. The van der Waals surface area contributed by atoms with Crippen LogP contribution >= 0.6 is 15.9 Å². The molecule has 1 aliphatic rings. The highest BCUT2D eigenvalue weighted by Gasteiger charge is 2.29. The Morgan fingerprint density at radius 1 is 1.33 bits per heavy atom. The van der Waals surface area contributed by atoms with Gasteiger partial charge in [-0.15, -0.1) is 0 Å². The van der Waals surface area contributed by atoms with E-state index in [1.807, 2.05) is 12.1 Å². The van der Waals surface area contributed by atoms with Gasteiger partial charge in [0.2, 0.25) is 5.91 Å². The lowest BCUT2D eigenvalue weighted by molar-refractivity contribution is -0.116. The highest BCUT2D eigenvalue weighted by molar-refractivity contribution is 9.10. The number of nitrogens with zero attached hydrogens (tertiary/aromatic N) is 1. The molecule has 2 rings (SSSR count). The number of rotatable bonds is 2. The van der Waals surface area contributed by atoms with Crippen molar-refractivity contribution in [3.05, 3.63) is 40.2 Å². The topological polar surface area (TPSA) is 54.5 Å². The highest BCUT2D eigenvalue weighted by atomic mass is 79.9. The number of hydrogen-bond acceptors (Lipinski definition) is 3. The Morgan fingerprint density at radius 3 is 2.39 bits per heavy atom. The molecule has 0 fully saturated rings. The average molecular weight is 330 g/mol. The molecule has 1 heterocycles. The average Bonchev–Trinajstić information content (AvgIpc) is 2.61. The number of hydrogen-bond donors (Lipinski definition) is 0. The largest absolute Gasteiger partial charge is 0.305 e. The van der Waals surface area contributed by atoms with E-state index in [4.69, 9.17) is 0 Å². The number of anilines is 1. The molecule has 4 nitrogen and oxygen atoms in total. The van der Waals surface area contributed by atoms with Crippen molar-refractivity contribution in [3.8, 4) is 0 Å². The van der Waals surface area contributed by atoms with Gasteiger partial charge < -0.3 is 4.90 Å².